The lowest BCUT2D eigenvalue weighted by molar-refractivity contribution is -0.306. The molecule has 0 unspecified atom stereocenters. The van der Waals surface area contributed by atoms with Crippen LogP contribution in [0.5, 0.6) is 0 Å². The first kappa shape index (κ1) is 14.7. The first-order valence-electron chi connectivity index (χ1n) is 5.70. The maximum Gasteiger partial charge on any atom is 0.0639 e. The Morgan fingerprint density at radius 1 is 0.875 bits per heavy atom. The van der Waals surface area contributed by atoms with Gasteiger partial charge in [-0.1, -0.05) is 31.8 Å². The molecule has 0 aromatic carbocycles. The molecule has 0 radical (unpaired) electrons. The Bertz CT molecular complexity index is 233. The van der Waals surface area contributed by atoms with Gasteiger partial charge in [0.05, 0.1) is 5.97 Å². The summed E-state index contributed by atoms with van der Waals surface area (Å²) in [6.45, 7) is 0. The Hall–Kier alpha value is -1.32. The van der Waals surface area contributed by atoms with Gasteiger partial charge in [-0.25, -0.2) is 0 Å². The SMILES string of the molecule is O=C([O-])/C=C\CCCCCCCCC(=O)[O-]. The molecule has 92 valence electrons. The van der Waals surface area contributed by atoms with Crippen LogP contribution in [0.2, 0.25) is 0 Å². The molecule has 0 saturated heterocycles. The van der Waals surface area contributed by atoms with E-state index in [0.29, 0.717) is 6.42 Å². The van der Waals surface area contributed by atoms with E-state index in [1.54, 1.807) is 6.08 Å². The molecule has 0 atom stereocenters. The van der Waals surface area contributed by atoms with Crippen molar-refractivity contribution in [3.8, 4) is 0 Å². The topological polar surface area (TPSA) is 80.3 Å². The summed E-state index contributed by atoms with van der Waals surface area (Å²) in [5.74, 6) is -2.13. The highest BCUT2D eigenvalue weighted by Gasteiger charge is 1.91. The van der Waals surface area contributed by atoms with Gasteiger partial charge in [0.15, 0.2) is 0 Å². The molecule has 0 rings (SSSR count). The lowest BCUT2D eigenvalue weighted by Crippen LogP contribution is -2.21. The van der Waals surface area contributed by atoms with Crippen molar-refractivity contribution in [2.75, 3.05) is 0 Å². The Morgan fingerprint density at radius 3 is 2.00 bits per heavy atom. The van der Waals surface area contributed by atoms with Crippen LogP contribution < -0.4 is 10.2 Å². The first-order valence-corrected chi connectivity index (χ1v) is 5.70. The molecule has 0 saturated carbocycles. The summed E-state index contributed by atoms with van der Waals surface area (Å²) in [5, 5.41) is 20.1. The lowest BCUT2D eigenvalue weighted by atomic mass is 10.1. The summed E-state index contributed by atoms with van der Waals surface area (Å²) in [6.07, 6.45) is 9.26. The van der Waals surface area contributed by atoms with Crippen molar-refractivity contribution < 1.29 is 19.8 Å². The number of allylic oxidation sites excluding steroid dienone is 1. The largest absolute Gasteiger partial charge is 0.550 e. The number of unbranched alkanes of at least 4 members (excludes halogenated alkanes) is 6. The number of carbonyl (C=O) groups excluding carboxylic acids is 2. The van der Waals surface area contributed by atoms with E-state index < -0.39 is 11.9 Å². The fourth-order valence-corrected chi connectivity index (χ4v) is 1.42. The molecule has 16 heavy (non-hydrogen) atoms. The quantitative estimate of drug-likeness (QED) is 0.392. The molecular formula is C12H18O4-2. The van der Waals surface area contributed by atoms with E-state index >= 15 is 0 Å². The fourth-order valence-electron chi connectivity index (χ4n) is 1.42. The highest BCUT2D eigenvalue weighted by molar-refractivity contribution is 5.77. The molecule has 0 heterocycles. The summed E-state index contributed by atoms with van der Waals surface area (Å²) >= 11 is 0. The van der Waals surface area contributed by atoms with Gasteiger partial charge >= 0.3 is 0 Å². The normalized spacial score (nSPS) is 10.8. The van der Waals surface area contributed by atoms with Gasteiger partial charge in [-0.15, -0.1) is 0 Å². The van der Waals surface area contributed by atoms with E-state index in [1.165, 1.54) is 0 Å². The van der Waals surface area contributed by atoms with Crippen LogP contribution in [0.1, 0.15) is 51.4 Å². The Kier molecular flexibility index (Phi) is 9.36. The van der Waals surface area contributed by atoms with Crippen LogP contribution in [0.25, 0.3) is 0 Å². The van der Waals surface area contributed by atoms with Crippen molar-refractivity contribution in [1.82, 2.24) is 0 Å². The van der Waals surface area contributed by atoms with Crippen LogP contribution in [-0.2, 0) is 9.59 Å². The van der Waals surface area contributed by atoms with Crippen LogP contribution in [0, 0.1) is 0 Å². The van der Waals surface area contributed by atoms with Crippen molar-refractivity contribution >= 4 is 11.9 Å². The standard InChI is InChI=1S/C12H20O4/c13-11(14)9-7-5-3-1-2-4-6-8-10-12(15)16/h7,9H,1-6,8,10H2,(H,13,14)(H,15,16)/p-2/b9-7-. The zero-order valence-electron chi connectivity index (χ0n) is 9.44. The molecular weight excluding hydrogens is 208 g/mol. The Labute approximate surface area is 96.0 Å². The number of carboxylic acids is 2. The third-order valence-electron chi connectivity index (χ3n) is 2.26. The molecule has 4 heteroatoms. The molecule has 0 bridgehead atoms. The van der Waals surface area contributed by atoms with Crippen LogP contribution in [0.15, 0.2) is 12.2 Å². The molecule has 0 fully saturated rings. The van der Waals surface area contributed by atoms with Gasteiger partial charge in [0, 0.05) is 5.97 Å². The van der Waals surface area contributed by atoms with Crippen molar-refractivity contribution in [3.05, 3.63) is 12.2 Å². The maximum atomic E-state index is 10.1. The van der Waals surface area contributed by atoms with E-state index in [-0.39, 0.29) is 6.42 Å². The minimum Gasteiger partial charge on any atom is -0.550 e. The highest BCUT2D eigenvalue weighted by Crippen LogP contribution is 2.08. The van der Waals surface area contributed by atoms with E-state index in [1.807, 2.05) is 0 Å². The second-order valence-electron chi connectivity index (χ2n) is 3.75. The Balaban J connectivity index is 3.10. The van der Waals surface area contributed by atoms with Gasteiger partial charge in [0.25, 0.3) is 0 Å². The average molecular weight is 226 g/mol. The summed E-state index contributed by atoms with van der Waals surface area (Å²) in [5.41, 5.74) is 0. The number of aliphatic carboxylic acids is 2. The van der Waals surface area contributed by atoms with Gasteiger partial charge in [0.1, 0.15) is 0 Å². The Morgan fingerprint density at radius 2 is 1.44 bits per heavy atom. The number of hydrogen-bond donors (Lipinski definition) is 0. The third-order valence-corrected chi connectivity index (χ3v) is 2.26. The molecule has 0 aliphatic rings. The lowest BCUT2D eigenvalue weighted by Gasteiger charge is -2.02. The molecule has 0 N–H and O–H groups in total. The van der Waals surface area contributed by atoms with E-state index in [0.717, 1.165) is 44.6 Å². The minimum atomic E-state index is -1.15. The van der Waals surface area contributed by atoms with Crippen LogP contribution in [-0.4, -0.2) is 11.9 Å². The minimum absolute atomic E-state index is 0.147. The average Bonchev–Trinajstić information content (AvgIpc) is 2.20. The zero-order valence-corrected chi connectivity index (χ0v) is 9.44. The van der Waals surface area contributed by atoms with Gasteiger partial charge in [-0.05, 0) is 31.8 Å². The van der Waals surface area contributed by atoms with Gasteiger partial charge in [-0.3, -0.25) is 0 Å². The summed E-state index contributed by atoms with van der Waals surface area (Å²) in [6, 6.07) is 0. The molecule has 4 nitrogen and oxygen atoms in total. The summed E-state index contributed by atoms with van der Waals surface area (Å²) in [7, 11) is 0. The van der Waals surface area contributed by atoms with Gasteiger partial charge < -0.3 is 19.8 Å². The van der Waals surface area contributed by atoms with Crippen molar-refractivity contribution in [2.45, 2.75) is 51.4 Å². The molecule has 0 aliphatic heterocycles. The number of hydrogen-bond acceptors (Lipinski definition) is 4. The van der Waals surface area contributed by atoms with Crippen LogP contribution in [0.4, 0.5) is 0 Å². The van der Waals surface area contributed by atoms with Crippen molar-refractivity contribution in [2.24, 2.45) is 0 Å². The summed E-state index contributed by atoms with van der Waals surface area (Å²) in [4.78, 5) is 20.1. The van der Waals surface area contributed by atoms with E-state index in [9.17, 15) is 19.8 Å². The predicted octanol–water partition coefficient (Wildman–Crippen LogP) is 0.163. The smallest absolute Gasteiger partial charge is 0.0639 e. The molecule has 0 amide bonds. The third kappa shape index (κ3) is 12.7. The predicted molar refractivity (Wildman–Crippen MR) is 56.1 cm³/mol. The van der Waals surface area contributed by atoms with Crippen molar-refractivity contribution in [1.29, 1.82) is 0 Å². The van der Waals surface area contributed by atoms with Crippen molar-refractivity contribution in [3.63, 3.8) is 0 Å². The monoisotopic (exact) mass is 226 g/mol. The maximum absolute atomic E-state index is 10.1. The highest BCUT2D eigenvalue weighted by atomic mass is 16.4. The molecule has 0 aromatic rings. The fraction of sp³-hybridized carbons (Fsp3) is 0.667. The molecule has 0 aliphatic carbocycles. The number of carboxylic acid groups (broad SMARTS) is 2. The second kappa shape index (κ2) is 10.2. The first-order chi connectivity index (χ1) is 7.63. The number of carbonyl (C=O) groups is 2. The van der Waals surface area contributed by atoms with Gasteiger partial charge in [-0.2, -0.15) is 0 Å². The van der Waals surface area contributed by atoms with E-state index in [4.69, 9.17) is 0 Å². The number of rotatable bonds is 10. The van der Waals surface area contributed by atoms with E-state index in [2.05, 4.69) is 0 Å². The van der Waals surface area contributed by atoms with Crippen LogP contribution >= 0.6 is 0 Å². The second-order valence-corrected chi connectivity index (χ2v) is 3.75. The molecule has 0 spiro atoms. The summed E-state index contributed by atoms with van der Waals surface area (Å²) < 4.78 is 0. The molecule has 0 aromatic heterocycles. The zero-order chi connectivity index (χ0) is 12.2. The van der Waals surface area contributed by atoms with Gasteiger partial charge in [0.2, 0.25) is 0 Å². The van der Waals surface area contributed by atoms with Crippen LogP contribution in [0.3, 0.4) is 0 Å².